The van der Waals surface area contributed by atoms with E-state index in [0.717, 1.165) is 17.9 Å². The molecule has 2 nitrogen and oxygen atoms in total. The van der Waals surface area contributed by atoms with E-state index in [1.165, 1.54) is 29.7 Å². The molecule has 1 spiro atoms. The van der Waals surface area contributed by atoms with Crippen molar-refractivity contribution in [2.75, 3.05) is 18.6 Å². The zero-order chi connectivity index (χ0) is 12.6. The first kappa shape index (κ1) is 12.4. The van der Waals surface area contributed by atoms with Gasteiger partial charge in [-0.3, -0.25) is 0 Å². The predicted octanol–water partition coefficient (Wildman–Crippen LogP) is 3.30. The number of benzene rings is 1. The maximum atomic E-state index is 6.39. The molecule has 0 aromatic heterocycles. The van der Waals surface area contributed by atoms with Crippen LogP contribution in [0.3, 0.4) is 0 Å². The van der Waals surface area contributed by atoms with Gasteiger partial charge >= 0.3 is 0 Å². The maximum Gasteiger partial charge on any atom is 0.124 e. The molecule has 2 aliphatic rings. The predicted molar refractivity (Wildman–Crippen MR) is 77.5 cm³/mol. The molecule has 2 aliphatic heterocycles. The second kappa shape index (κ2) is 4.78. The van der Waals surface area contributed by atoms with E-state index in [2.05, 4.69) is 37.5 Å². The average Bonchev–Trinajstić information content (AvgIpc) is 2.39. The highest BCUT2D eigenvalue weighted by Crippen LogP contribution is 2.45. The number of aryl methyl sites for hydroxylation is 1. The van der Waals surface area contributed by atoms with Crippen LogP contribution in [0.1, 0.15) is 36.4 Å². The molecule has 2 heterocycles. The molecular formula is C15H21NOS. The van der Waals surface area contributed by atoms with Crippen molar-refractivity contribution in [1.29, 1.82) is 0 Å². The number of rotatable bonds is 1. The van der Waals surface area contributed by atoms with Crippen molar-refractivity contribution in [2.24, 2.45) is 0 Å². The number of thioether (sulfide) groups is 1. The largest absolute Gasteiger partial charge is 0.486 e. The summed E-state index contributed by atoms with van der Waals surface area (Å²) in [5, 5.41) is 3.47. The minimum absolute atomic E-state index is 0.0683. The number of ether oxygens (including phenoxy) is 1. The molecule has 1 saturated heterocycles. The third-order valence-corrected chi connectivity index (χ3v) is 5.39. The van der Waals surface area contributed by atoms with Gasteiger partial charge in [0.15, 0.2) is 0 Å². The smallest absolute Gasteiger partial charge is 0.124 e. The Morgan fingerprint density at radius 2 is 2.33 bits per heavy atom. The second-order valence-electron chi connectivity index (χ2n) is 5.53. The van der Waals surface area contributed by atoms with E-state index in [4.69, 9.17) is 4.74 Å². The Kier molecular flexibility index (Phi) is 3.29. The third-order valence-electron chi connectivity index (χ3n) is 4.08. The number of nitrogens with one attached hydrogen (secondary N) is 1. The molecule has 1 aromatic rings. The molecule has 98 valence electrons. The Bertz CT molecular complexity index is 440. The molecule has 2 unspecified atom stereocenters. The van der Waals surface area contributed by atoms with Gasteiger partial charge in [-0.15, -0.1) is 0 Å². The Morgan fingerprint density at radius 1 is 1.44 bits per heavy atom. The van der Waals surface area contributed by atoms with Crippen molar-refractivity contribution in [3.8, 4) is 5.75 Å². The van der Waals surface area contributed by atoms with Crippen molar-refractivity contribution in [3.63, 3.8) is 0 Å². The van der Waals surface area contributed by atoms with E-state index in [-0.39, 0.29) is 5.60 Å². The van der Waals surface area contributed by atoms with Crippen molar-refractivity contribution in [3.05, 3.63) is 29.3 Å². The molecule has 0 saturated carbocycles. The van der Waals surface area contributed by atoms with E-state index in [0.29, 0.717) is 6.04 Å². The van der Waals surface area contributed by atoms with Crippen LogP contribution in [0.2, 0.25) is 0 Å². The molecule has 0 aliphatic carbocycles. The van der Waals surface area contributed by atoms with Crippen LogP contribution in [0, 0.1) is 6.92 Å². The fourth-order valence-corrected chi connectivity index (χ4v) is 4.30. The Labute approximate surface area is 113 Å². The van der Waals surface area contributed by atoms with E-state index in [9.17, 15) is 0 Å². The highest BCUT2D eigenvalue weighted by molar-refractivity contribution is 7.99. The van der Waals surface area contributed by atoms with Gasteiger partial charge in [-0.25, -0.2) is 0 Å². The number of hydrogen-bond acceptors (Lipinski definition) is 3. The van der Waals surface area contributed by atoms with E-state index >= 15 is 0 Å². The summed E-state index contributed by atoms with van der Waals surface area (Å²) in [7, 11) is 2.06. The third kappa shape index (κ3) is 2.14. The van der Waals surface area contributed by atoms with Gasteiger partial charge < -0.3 is 10.1 Å². The summed E-state index contributed by atoms with van der Waals surface area (Å²) in [5.41, 5.74) is 2.71. The molecule has 3 heteroatoms. The molecule has 1 fully saturated rings. The van der Waals surface area contributed by atoms with Crippen molar-refractivity contribution in [1.82, 2.24) is 5.32 Å². The lowest BCUT2D eigenvalue weighted by Gasteiger charge is -2.44. The number of fused-ring (bicyclic) bond motifs is 1. The maximum absolute atomic E-state index is 6.39. The first-order chi connectivity index (χ1) is 8.72. The fraction of sp³-hybridized carbons (Fsp3) is 0.600. The van der Waals surface area contributed by atoms with Gasteiger partial charge in [-0.1, -0.05) is 17.7 Å². The van der Waals surface area contributed by atoms with Crippen LogP contribution in [-0.4, -0.2) is 24.2 Å². The van der Waals surface area contributed by atoms with Crippen molar-refractivity contribution >= 4 is 11.8 Å². The molecule has 18 heavy (non-hydrogen) atoms. The summed E-state index contributed by atoms with van der Waals surface area (Å²) in [6.45, 7) is 2.15. The topological polar surface area (TPSA) is 21.3 Å². The average molecular weight is 263 g/mol. The number of hydrogen-bond donors (Lipinski definition) is 1. The molecule has 0 amide bonds. The van der Waals surface area contributed by atoms with Crippen LogP contribution in [0.15, 0.2) is 18.2 Å². The van der Waals surface area contributed by atoms with Crippen LogP contribution in [-0.2, 0) is 0 Å². The zero-order valence-electron chi connectivity index (χ0n) is 11.2. The first-order valence-corrected chi connectivity index (χ1v) is 7.92. The second-order valence-corrected chi connectivity index (χ2v) is 6.63. The monoisotopic (exact) mass is 263 g/mol. The Balaban J connectivity index is 1.96. The summed E-state index contributed by atoms with van der Waals surface area (Å²) < 4.78 is 6.39. The summed E-state index contributed by atoms with van der Waals surface area (Å²) in [5.74, 6) is 3.52. The minimum atomic E-state index is 0.0683. The van der Waals surface area contributed by atoms with Crippen LogP contribution in [0.5, 0.6) is 5.75 Å². The molecule has 0 bridgehead atoms. The first-order valence-electron chi connectivity index (χ1n) is 6.77. The van der Waals surface area contributed by atoms with Crippen LogP contribution >= 0.6 is 11.8 Å². The Morgan fingerprint density at radius 3 is 3.06 bits per heavy atom. The van der Waals surface area contributed by atoms with Gasteiger partial charge in [0, 0.05) is 23.8 Å². The lowest BCUT2D eigenvalue weighted by molar-refractivity contribution is 0.0425. The molecular weight excluding hydrogens is 242 g/mol. The molecule has 0 radical (unpaired) electrons. The van der Waals surface area contributed by atoms with E-state index in [1.807, 2.05) is 11.8 Å². The normalized spacial score (nSPS) is 30.9. The van der Waals surface area contributed by atoms with Crippen molar-refractivity contribution in [2.45, 2.75) is 37.8 Å². The highest BCUT2D eigenvalue weighted by Gasteiger charge is 2.41. The van der Waals surface area contributed by atoms with Gasteiger partial charge in [0.05, 0.1) is 0 Å². The fourth-order valence-electron chi connectivity index (χ4n) is 3.12. The standard InChI is InChI=1S/C15H21NOS/c1-11-4-5-14-12(8-11)13(16-2)9-15(17-14)6-3-7-18-10-15/h4-5,8,13,16H,3,6-7,9-10H2,1-2H3. The molecule has 3 rings (SSSR count). The van der Waals surface area contributed by atoms with Gasteiger partial charge in [0.25, 0.3) is 0 Å². The van der Waals surface area contributed by atoms with Gasteiger partial charge in [0.1, 0.15) is 11.4 Å². The minimum Gasteiger partial charge on any atom is -0.486 e. The molecule has 1 aromatic carbocycles. The van der Waals surface area contributed by atoms with Crippen LogP contribution < -0.4 is 10.1 Å². The van der Waals surface area contributed by atoms with Crippen molar-refractivity contribution < 1.29 is 4.74 Å². The highest BCUT2D eigenvalue weighted by atomic mass is 32.2. The SMILES string of the molecule is CNC1CC2(CCCSC2)Oc2ccc(C)cc21. The Hall–Kier alpha value is -0.670. The summed E-state index contributed by atoms with van der Waals surface area (Å²) in [6.07, 6.45) is 3.58. The molecule has 2 atom stereocenters. The molecule has 1 N–H and O–H groups in total. The zero-order valence-corrected chi connectivity index (χ0v) is 12.0. The van der Waals surface area contributed by atoms with Crippen LogP contribution in [0.25, 0.3) is 0 Å². The lowest BCUT2D eigenvalue weighted by Crippen LogP contribution is -2.47. The summed E-state index contributed by atoms with van der Waals surface area (Å²) in [4.78, 5) is 0. The summed E-state index contributed by atoms with van der Waals surface area (Å²) in [6, 6.07) is 7.00. The lowest BCUT2D eigenvalue weighted by atomic mass is 9.85. The van der Waals surface area contributed by atoms with Crippen LogP contribution in [0.4, 0.5) is 0 Å². The van der Waals surface area contributed by atoms with Gasteiger partial charge in [0.2, 0.25) is 0 Å². The van der Waals surface area contributed by atoms with Gasteiger partial charge in [-0.2, -0.15) is 11.8 Å². The van der Waals surface area contributed by atoms with E-state index < -0.39 is 0 Å². The van der Waals surface area contributed by atoms with Gasteiger partial charge in [-0.05, 0) is 38.6 Å². The summed E-state index contributed by atoms with van der Waals surface area (Å²) >= 11 is 2.04. The quantitative estimate of drug-likeness (QED) is 0.840. The van der Waals surface area contributed by atoms with E-state index in [1.54, 1.807) is 0 Å².